The van der Waals surface area contributed by atoms with Crippen molar-refractivity contribution in [3.05, 3.63) is 95.1 Å². The highest BCUT2D eigenvalue weighted by Gasteiger charge is 2.13. The van der Waals surface area contributed by atoms with Crippen molar-refractivity contribution < 1.29 is 18.7 Å². The van der Waals surface area contributed by atoms with Crippen molar-refractivity contribution in [2.24, 2.45) is 0 Å². The van der Waals surface area contributed by atoms with Gasteiger partial charge in [0.15, 0.2) is 0 Å². The lowest BCUT2D eigenvalue weighted by Crippen LogP contribution is -2.04. The second kappa shape index (κ2) is 10.0. The Labute approximate surface area is 187 Å². The third-order valence-corrected chi connectivity index (χ3v) is 5.34. The van der Waals surface area contributed by atoms with E-state index in [0.717, 1.165) is 46.7 Å². The van der Waals surface area contributed by atoms with E-state index in [2.05, 4.69) is 16.0 Å². The number of benzene rings is 2. The minimum Gasteiger partial charge on any atom is -0.493 e. The molecule has 0 aliphatic rings. The van der Waals surface area contributed by atoms with Crippen molar-refractivity contribution >= 4 is 5.97 Å². The fourth-order valence-corrected chi connectivity index (χ4v) is 3.60. The van der Waals surface area contributed by atoms with Crippen LogP contribution in [0.2, 0.25) is 0 Å². The maximum absolute atomic E-state index is 11.8. The third-order valence-electron chi connectivity index (χ3n) is 5.34. The van der Waals surface area contributed by atoms with Gasteiger partial charge < -0.3 is 18.9 Å². The molecule has 4 aromatic rings. The number of esters is 1. The van der Waals surface area contributed by atoms with Crippen LogP contribution in [0.3, 0.4) is 0 Å². The Morgan fingerprint density at radius 3 is 2.69 bits per heavy atom. The molecule has 0 spiro atoms. The van der Waals surface area contributed by atoms with E-state index in [1.54, 1.807) is 6.20 Å². The molecule has 0 amide bonds. The SMILES string of the molecule is COC(=O)c1c[nH]cc1CCc1cccc(OCCc2nc(-c3ccccc3)oc2C)c1. The van der Waals surface area contributed by atoms with Gasteiger partial charge in [-0.3, -0.25) is 0 Å². The number of ether oxygens (including phenoxy) is 2. The van der Waals surface area contributed by atoms with Crippen molar-refractivity contribution in [3.8, 4) is 17.2 Å². The molecule has 0 fully saturated rings. The quantitative estimate of drug-likeness (QED) is 0.371. The van der Waals surface area contributed by atoms with E-state index < -0.39 is 0 Å². The number of methoxy groups -OCH3 is 1. The number of hydrogen-bond acceptors (Lipinski definition) is 5. The van der Waals surface area contributed by atoms with Gasteiger partial charge in [0.05, 0.1) is 25.0 Å². The summed E-state index contributed by atoms with van der Waals surface area (Å²) in [4.78, 5) is 19.4. The summed E-state index contributed by atoms with van der Waals surface area (Å²) in [6.07, 6.45) is 5.71. The Morgan fingerprint density at radius 2 is 1.88 bits per heavy atom. The van der Waals surface area contributed by atoms with Gasteiger partial charge in [-0.15, -0.1) is 0 Å². The lowest BCUT2D eigenvalue weighted by molar-refractivity contribution is 0.0600. The Kier molecular flexibility index (Phi) is 6.70. The molecule has 4 rings (SSSR count). The van der Waals surface area contributed by atoms with Crippen molar-refractivity contribution in [1.82, 2.24) is 9.97 Å². The highest BCUT2D eigenvalue weighted by Crippen LogP contribution is 2.22. The van der Waals surface area contributed by atoms with Gasteiger partial charge in [-0.05, 0) is 55.2 Å². The maximum Gasteiger partial charge on any atom is 0.339 e. The summed E-state index contributed by atoms with van der Waals surface area (Å²) in [7, 11) is 1.39. The second-order valence-electron chi connectivity index (χ2n) is 7.52. The predicted octanol–water partition coefficient (Wildman–Crippen LogP) is 5.17. The summed E-state index contributed by atoms with van der Waals surface area (Å²) in [5.74, 6) is 1.94. The van der Waals surface area contributed by atoms with Crippen LogP contribution in [0.5, 0.6) is 5.75 Å². The minimum absolute atomic E-state index is 0.322. The number of rotatable bonds is 9. The summed E-state index contributed by atoms with van der Waals surface area (Å²) in [5, 5.41) is 0. The molecule has 0 saturated heterocycles. The standard InChI is InChI=1S/C26H26N2O4/c1-18-24(28-25(32-18)20-8-4-3-5-9-20)13-14-31-22-10-6-7-19(15-22)11-12-21-16-27-17-23(21)26(29)30-2/h3-10,15-17,27H,11-14H2,1-2H3. The molecule has 1 N–H and O–H groups in total. The molecule has 164 valence electrons. The average molecular weight is 431 g/mol. The van der Waals surface area contributed by atoms with Gasteiger partial charge in [-0.1, -0.05) is 30.3 Å². The summed E-state index contributed by atoms with van der Waals surface area (Å²) in [6.45, 7) is 2.44. The zero-order valence-corrected chi connectivity index (χ0v) is 18.3. The van der Waals surface area contributed by atoms with Crippen LogP contribution in [0, 0.1) is 6.92 Å². The molecule has 0 saturated carbocycles. The Bertz CT molecular complexity index is 1180. The molecule has 0 radical (unpaired) electrons. The van der Waals surface area contributed by atoms with E-state index in [0.29, 0.717) is 24.5 Å². The zero-order chi connectivity index (χ0) is 22.3. The fraction of sp³-hybridized carbons (Fsp3) is 0.231. The van der Waals surface area contributed by atoms with Gasteiger partial charge in [0.25, 0.3) is 0 Å². The molecule has 6 heteroatoms. The van der Waals surface area contributed by atoms with Gasteiger partial charge in [0, 0.05) is 24.4 Å². The Hall–Kier alpha value is -3.80. The number of nitrogens with zero attached hydrogens (tertiary/aromatic N) is 1. The van der Waals surface area contributed by atoms with Crippen molar-refractivity contribution in [1.29, 1.82) is 0 Å². The minimum atomic E-state index is -0.322. The summed E-state index contributed by atoms with van der Waals surface area (Å²) >= 11 is 0. The summed E-state index contributed by atoms with van der Waals surface area (Å²) < 4.78 is 16.6. The fourth-order valence-electron chi connectivity index (χ4n) is 3.60. The zero-order valence-electron chi connectivity index (χ0n) is 18.3. The first-order valence-corrected chi connectivity index (χ1v) is 10.6. The van der Waals surface area contributed by atoms with E-state index in [-0.39, 0.29) is 5.97 Å². The molecule has 0 bridgehead atoms. The van der Waals surface area contributed by atoms with Crippen LogP contribution < -0.4 is 4.74 Å². The number of H-pyrrole nitrogens is 1. The molecule has 2 heterocycles. The van der Waals surface area contributed by atoms with Gasteiger partial charge in [-0.2, -0.15) is 0 Å². The highest BCUT2D eigenvalue weighted by molar-refractivity contribution is 5.90. The molecule has 0 aliphatic heterocycles. The number of hydrogen-bond donors (Lipinski definition) is 1. The van der Waals surface area contributed by atoms with E-state index >= 15 is 0 Å². The monoisotopic (exact) mass is 430 g/mol. The number of carbonyl (C=O) groups excluding carboxylic acids is 1. The molecule has 6 nitrogen and oxygen atoms in total. The van der Waals surface area contributed by atoms with Crippen LogP contribution in [-0.2, 0) is 24.0 Å². The summed E-state index contributed by atoms with van der Waals surface area (Å²) in [5.41, 5.74) is 4.54. The number of aromatic nitrogens is 2. The molecule has 2 aromatic carbocycles. The number of carbonyl (C=O) groups is 1. The predicted molar refractivity (Wildman–Crippen MR) is 122 cm³/mol. The van der Waals surface area contributed by atoms with Gasteiger partial charge in [0.1, 0.15) is 11.5 Å². The number of aromatic amines is 1. The number of oxazole rings is 1. The normalized spacial score (nSPS) is 10.8. The van der Waals surface area contributed by atoms with Gasteiger partial charge in [0.2, 0.25) is 5.89 Å². The molecular weight excluding hydrogens is 404 g/mol. The van der Waals surface area contributed by atoms with Crippen LogP contribution in [-0.4, -0.2) is 29.7 Å². The first-order valence-electron chi connectivity index (χ1n) is 10.6. The lowest BCUT2D eigenvalue weighted by atomic mass is 10.0. The van der Waals surface area contributed by atoms with Crippen LogP contribution in [0.15, 0.2) is 71.4 Å². The first-order chi connectivity index (χ1) is 15.6. The van der Waals surface area contributed by atoms with E-state index in [4.69, 9.17) is 13.9 Å². The van der Waals surface area contributed by atoms with Gasteiger partial charge >= 0.3 is 5.97 Å². The van der Waals surface area contributed by atoms with E-state index in [1.165, 1.54) is 7.11 Å². The lowest BCUT2D eigenvalue weighted by Gasteiger charge is -2.08. The first kappa shape index (κ1) is 21.4. The molecule has 0 aliphatic carbocycles. The smallest absolute Gasteiger partial charge is 0.339 e. The molecule has 2 aromatic heterocycles. The highest BCUT2D eigenvalue weighted by atomic mass is 16.5. The van der Waals surface area contributed by atoms with Crippen LogP contribution in [0.25, 0.3) is 11.5 Å². The van der Waals surface area contributed by atoms with E-state index in [1.807, 2.05) is 61.7 Å². The Morgan fingerprint density at radius 1 is 1.03 bits per heavy atom. The Balaban J connectivity index is 1.33. The number of nitrogens with one attached hydrogen (secondary N) is 1. The molecule has 0 atom stereocenters. The van der Waals surface area contributed by atoms with Gasteiger partial charge in [-0.25, -0.2) is 9.78 Å². The summed E-state index contributed by atoms with van der Waals surface area (Å²) in [6, 6.07) is 17.9. The topological polar surface area (TPSA) is 77.4 Å². The molecule has 0 unspecified atom stereocenters. The van der Waals surface area contributed by atoms with Crippen molar-refractivity contribution in [3.63, 3.8) is 0 Å². The third kappa shape index (κ3) is 5.09. The van der Waals surface area contributed by atoms with Crippen molar-refractivity contribution in [2.45, 2.75) is 26.2 Å². The molecular formula is C26H26N2O4. The number of aryl methyl sites for hydroxylation is 3. The largest absolute Gasteiger partial charge is 0.493 e. The van der Waals surface area contributed by atoms with E-state index in [9.17, 15) is 4.79 Å². The van der Waals surface area contributed by atoms with Crippen LogP contribution >= 0.6 is 0 Å². The maximum atomic E-state index is 11.8. The van der Waals surface area contributed by atoms with Crippen LogP contribution in [0.4, 0.5) is 0 Å². The second-order valence-corrected chi connectivity index (χ2v) is 7.52. The van der Waals surface area contributed by atoms with Crippen LogP contribution in [0.1, 0.15) is 32.9 Å². The van der Waals surface area contributed by atoms with Crippen molar-refractivity contribution in [2.75, 3.05) is 13.7 Å². The average Bonchev–Trinajstić information content (AvgIpc) is 3.45. The molecule has 32 heavy (non-hydrogen) atoms.